The molecule has 1 N–H and O–H groups in total. The number of rotatable bonds is 9. The highest BCUT2D eigenvalue weighted by molar-refractivity contribution is 7.98. The summed E-state index contributed by atoms with van der Waals surface area (Å²) in [4.78, 5) is 16.6. The smallest absolute Gasteiger partial charge is 0.251 e. The van der Waals surface area contributed by atoms with Gasteiger partial charge < -0.3 is 10.1 Å². The molecule has 0 atom stereocenters. The van der Waals surface area contributed by atoms with Gasteiger partial charge in [-0.3, -0.25) is 9.78 Å². The molecule has 0 fully saturated rings. The fourth-order valence-corrected chi connectivity index (χ4v) is 3.36. The number of amides is 1. The highest BCUT2D eigenvalue weighted by Crippen LogP contribution is 2.22. The number of ether oxygens (including phenoxy) is 1. The number of hydrogen-bond acceptors (Lipinski definition) is 4. The fraction of sp³-hybridized carbons (Fsp3) is 0.273. The predicted molar refractivity (Wildman–Crippen MR) is 112 cm³/mol. The van der Waals surface area contributed by atoms with Gasteiger partial charge in [0.15, 0.2) is 0 Å². The monoisotopic (exact) mass is 380 g/mol. The van der Waals surface area contributed by atoms with Crippen LogP contribution in [0.5, 0.6) is 5.75 Å². The number of nitrogens with one attached hydrogen (secondary N) is 1. The second-order valence-electron chi connectivity index (χ2n) is 6.12. The van der Waals surface area contributed by atoms with Crippen molar-refractivity contribution in [1.29, 1.82) is 0 Å². The van der Waals surface area contributed by atoms with Crippen molar-refractivity contribution < 1.29 is 9.53 Å². The van der Waals surface area contributed by atoms with Crippen molar-refractivity contribution in [3.05, 3.63) is 71.9 Å². The van der Waals surface area contributed by atoms with E-state index in [0.717, 1.165) is 34.6 Å². The van der Waals surface area contributed by atoms with Gasteiger partial charge in [0.25, 0.3) is 5.91 Å². The van der Waals surface area contributed by atoms with Gasteiger partial charge in [0.2, 0.25) is 0 Å². The molecule has 3 aromatic rings. The molecule has 0 aliphatic heterocycles. The van der Waals surface area contributed by atoms with Crippen molar-refractivity contribution in [2.24, 2.45) is 0 Å². The Morgan fingerprint density at radius 3 is 2.74 bits per heavy atom. The molecule has 0 radical (unpaired) electrons. The molecule has 0 saturated heterocycles. The summed E-state index contributed by atoms with van der Waals surface area (Å²) in [6, 6.07) is 17.6. The Kier molecular flexibility index (Phi) is 7.11. The predicted octanol–water partition coefficient (Wildman–Crippen LogP) is 4.69. The topological polar surface area (TPSA) is 51.2 Å². The molecule has 0 aliphatic rings. The minimum absolute atomic E-state index is 0.0449. The number of thioether (sulfide) groups is 1. The molecule has 0 aliphatic carbocycles. The van der Waals surface area contributed by atoms with Crippen molar-refractivity contribution in [2.75, 3.05) is 18.9 Å². The van der Waals surface area contributed by atoms with Gasteiger partial charge in [0, 0.05) is 29.4 Å². The summed E-state index contributed by atoms with van der Waals surface area (Å²) in [5.41, 5.74) is 2.81. The molecule has 4 nitrogen and oxygen atoms in total. The quantitative estimate of drug-likeness (QED) is 0.547. The normalized spacial score (nSPS) is 10.7. The first kappa shape index (κ1) is 19.2. The van der Waals surface area contributed by atoms with E-state index in [0.29, 0.717) is 18.7 Å². The van der Waals surface area contributed by atoms with E-state index in [-0.39, 0.29) is 5.91 Å². The van der Waals surface area contributed by atoms with Gasteiger partial charge in [-0.2, -0.15) is 11.8 Å². The fourth-order valence-electron chi connectivity index (χ4n) is 2.72. The molecule has 0 bridgehead atoms. The van der Waals surface area contributed by atoms with Crippen LogP contribution in [0.2, 0.25) is 0 Å². The minimum atomic E-state index is -0.0449. The van der Waals surface area contributed by atoms with Crippen LogP contribution in [0.4, 0.5) is 0 Å². The van der Waals surface area contributed by atoms with E-state index in [1.165, 1.54) is 5.56 Å². The summed E-state index contributed by atoms with van der Waals surface area (Å²) in [6.45, 7) is 3.25. The Balaban J connectivity index is 1.42. The van der Waals surface area contributed by atoms with Crippen molar-refractivity contribution in [2.45, 2.75) is 19.1 Å². The number of nitrogens with zero attached hydrogens (tertiary/aromatic N) is 1. The van der Waals surface area contributed by atoms with Crippen LogP contribution in [0.25, 0.3) is 10.9 Å². The summed E-state index contributed by atoms with van der Waals surface area (Å²) in [7, 11) is 0. The zero-order valence-corrected chi connectivity index (χ0v) is 16.3. The average molecular weight is 381 g/mol. The molecular weight excluding hydrogens is 356 g/mol. The Labute approximate surface area is 164 Å². The lowest BCUT2D eigenvalue weighted by atomic mass is 10.1. The molecule has 0 unspecified atom stereocenters. The number of carbonyl (C=O) groups is 1. The Bertz CT molecular complexity index is 876. The first-order chi connectivity index (χ1) is 13.3. The number of para-hydroxylation sites is 1. The zero-order chi connectivity index (χ0) is 18.9. The average Bonchev–Trinajstić information content (AvgIpc) is 2.72. The van der Waals surface area contributed by atoms with Crippen LogP contribution >= 0.6 is 11.8 Å². The summed E-state index contributed by atoms with van der Waals surface area (Å²) in [6.07, 6.45) is 2.50. The van der Waals surface area contributed by atoms with E-state index in [2.05, 4.69) is 17.2 Å². The summed E-state index contributed by atoms with van der Waals surface area (Å²) in [5.74, 6) is 2.81. The van der Waals surface area contributed by atoms with Crippen molar-refractivity contribution in [1.82, 2.24) is 10.3 Å². The van der Waals surface area contributed by atoms with E-state index in [1.807, 2.05) is 66.4 Å². The molecule has 0 spiro atoms. The van der Waals surface area contributed by atoms with Crippen LogP contribution in [0.1, 0.15) is 29.3 Å². The first-order valence-corrected chi connectivity index (χ1v) is 10.3. The number of fused-ring (bicyclic) bond motifs is 1. The number of benzene rings is 2. The molecule has 27 heavy (non-hydrogen) atoms. The summed E-state index contributed by atoms with van der Waals surface area (Å²) >= 11 is 1.87. The molecule has 1 amide bonds. The van der Waals surface area contributed by atoms with E-state index in [9.17, 15) is 4.79 Å². The van der Waals surface area contributed by atoms with Gasteiger partial charge in [-0.15, -0.1) is 0 Å². The van der Waals surface area contributed by atoms with E-state index < -0.39 is 0 Å². The van der Waals surface area contributed by atoms with Crippen LogP contribution in [0.3, 0.4) is 0 Å². The third kappa shape index (κ3) is 5.47. The zero-order valence-electron chi connectivity index (χ0n) is 15.5. The van der Waals surface area contributed by atoms with Crippen molar-refractivity contribution >= 4 is 28.6 Å². The first-order valence-electron chi connectivity index (χ1n) is 9.19. The number of hydrogen-bond donors (Lipinski definition) is 1. The van der Waals surface area contributed by atoms with Crippen LogP contribution in [-0.2, 0) is 5.75 Å². The summed E-state index contributed by atoms with van der Waals surface area (Å²) in [5, 5.41) is 4.00. The maximum absolute atomic E-state index is 12.2. The van der Waals surface area contributed by atoms with Crippen molar-refractivity contribution in [3.8, 4) is 5.75 Å². The standard InChI is InChI=1S/C22H24N2O2S/c1-2-27-16-17-9-11-19(12-10-17)22(25)24-14-5-15-26-20-8-3-6-18-7-4-13-23-21(18)20/h3-4,6-13H,2,5,14-16H2,1H3,(H,24,25). The van der Waals surface area contributed by atoms with Crippen molar-refractivity contribution in [3.63, 3.8) is 0 Å². The van der Waals surface area contributed by atoms with Gasteiger partial charge >= 0.3 is 0 Å². The maximum Gasteiger partial charge on any atom is 0.251 e. The van der Waals surface area contributed by atoms with E-state index >= 15 is 0 Å². The maximum atomic E-state index is 12.2. The molecule has 0 saturated carbocycles. The largest absolute Gasteiger partial charge is 0.491 e. The Hall–Kier alpha value is -2.53. The highest BCUT2D eigenvalue weighted by Gasteiger charge is 2.06. The molecule has 1 heterocycles. The van der Waals surface area contributed by atoms with E-state index in [4.69, 9.17) is 4.74 Å². The lowest BCUT2D eigenvalue weighted by Crippen LogP contribution is -2.25. The minimum Gasteiger partial charge on any atom is -0.491 e. The third-order valence-corrected chi connectivity index (χ3v) is 5.09. The summed E-state index contributed by atoms with van der Waals surface area (Å²) < 4.78 is 5.84. The van der Waals surface area contributed by atoms with Crippen LogP contribution in [-0.4, -0.2) is 29.8 Å². The van der Waals surface area contributed by atoms with Gasteiger partial charge in [-0.05, 0) is 42.0 Å². The van der Waals surface area contributed by atoms with Crippen LogP contribution in [0, 0.1) is 0 Å². The highest BCUT2D eigenvalue weighted by atomic mass is 32.2. The number of carbonyl (C=O) groups excluding carboxylic acids is 1. The second kappa shape index (κ2) is 9.97. The van der Waals surface area contributed by atoms with Gasteiger partial charge in [-0.25, -0.2) is 0 Å². The number of aromatic nitrogens is 1. The SMILES string of the molecule is CCSCc1ccc(C(=O)NCCCOc2cccc3cccnc23)cc1. The van der Waals surface area contributed by atoms with Crippen LogP contribution in [0.15, 0.2) is 60.8 Å². The van der Waals surface area contributed by atoms with Gasteiger partial charge in [0.1, 0.15) is 11.3 Å². The molecule has 3 rings (SSSR count). The molecule has 140 valence electrons. The van der Waals surface area contributed by atoms with Gasteiger partial charge in [-0.1, -0.05) is 37.3 Å². The lowest BCUT2D eigenvalue weighted by Gasteiger charge is -2.09. The molecule has 1 aromatic heterocycles. The number of pyridine rings is 1. The van der Waals surface area contributed by atoms with Crippen LogP contribution < -0.4 is 10.1 Å². The Morgan fingerprint density at radius 2 is 1.93 bits per heavy atom. The second-order valence-corrected chi connectivity index (χ2v) is 7.40. The van der Waals surface area contributed by atoms with E-state index in [1.54, 1.807) is 6.20 Å². The lowest BCUT2D eigenvalue weighted by molar-refractivity contribution is 0.0951. The molecule has 2 aromatic carbocycles. The Morgan fingerprint density at radius 1 is 1.11 bits per heavy atom. The molecular formula is C22H24N2O2S. The third-order valence-electron chi connectivity index (χ3n) is 4.15. The molecule has 5 heteroatoms. The van der Waals surface area contributed by atoms with Gasteiger partial charge in [0.05, 0.1) is 6.61 Å².